The lowest BCUT2D eigenvalue weighted by atomic mass is 9.80. The molecule has 0 bridgehead atoms. The maximum atomic E-state index is 13.1. The largest absolute Gasteiger partial charge is 0.444 e. The van der Waals surface area contributed by atoms with Crippen LogP contribution in [0, 0.1) is 18.8 Å². The molecule has 4 rings (SSSR count). The topological polar surface area (TPSA) is 59.7 Å². The van der Waals surface area contributed by atoms with Crippen LogP contribution in [0.1, 0.15) is 95.1 Å². The number of likely N-dealkylation sites (tertiary alicyclic amines) is 1. The van der Waals surface area contributed by atoms with E-state index in [9.17, 15) is 18.0 Å². The van der Waals surface area contributed by atoms with Gasteiger partial charge in [-0.1, -0.05) is 13.3 Å². The lowest BCUT2D eigenvalue weighted by Crippen LogP contribution is -2.45. The van der Waals surface area contributed by atoms with Crippen molar-refractivity contribution < 1.29 is 22.7 Å². The van der Waals surface area contributed by atoms with Crippen molar-refractivity contribution in [2.45, 2.75) is 96.8 Å². The molecule has 1 aliphatic carbocycles. The van der Waals surface area contributed by atoms with Crippen LogP contribution in [0.15, 0.2) is 12.1 Å². The molecule has 0 aromatic carbocycles. The number of carbonyl (C=O) groups is 1. The van der Waals surface area contributed by atoms with Gasteiger partial charge in [0.1, 0.15) is 5.60 Å². The number of rotatable bonds is 3. The van der Waals surface area contributed by atoms with Crippen molar-refractivity contribution in [3.8, 4) is 0 Å². The normalized spacial score (nSPS) is 26.2. The second-order valence-corrected chi connectivity index (χ2v) is 11.2. The molecule has 194 valence electrons. The van der Waals surface area contributed by atoms with Crippen LogP contribution in [-0.2, 0) is 4.74 Å². The highest BCUT2D eigenvalue weighted by molar-refractivity contribution is 5.68. The zero-order chi connectivity index (χ0) is 25.5. The Bertz CT molecular complexity index is 1050. The smallest absolute Gasteiger partial charge is 0.410 e. The summed E-state index contributed by atoms with van der Waals surface area (Å²) in [4.78, 5) is 19.3. The summed E-state index contributed by atoms with van der Waals surface area (Å²) < 4.78 is 46.9. The quantitative estimate of drug-likeness (QED) is 0.481. The van der Waals surface area contributed by atoms with Crippen LogP contribution in [0.4, 0.5) is 18.0 Å². The summed E-state index contributed by atoms with van der Waals surface area (Å²) in [7, 11) is 0. The monoisotopic (exact) mass is 494 g/mol. The molecule has 1 aliphatic heterocycles. The molecule has 2 unspecified atom stereocenters. The van der Waals surface area contributed by atoms with Gasteiger partial charge >= 0.3 is 12.3 Å². The number of piperidine rings is 1. The number of hydrogen-bond acceptors (Lipinski definition) is 4. The van der Waals surface area contributed by atoms with E-state index in [0.717, 1.165) is 35.6 Å². The number of carbonyl (C=O) groups excluding carboxylic acids is 1. The van der Waals surface area contributed by atoms with Gasteiger partial charge in [0.2, 0.25) is 0 Å². The zero-order valence-electron chi connectivity index (χ0n) is 21.4. The van der Waals surface area contributed by atoms with Gasteiger partial charge in [0.05, 0.1) is 17.3 Å². The predicted molar refractivity (Wildman–Crippen MR) is 127 cm³/mol. The van der Waals surface area contributed by atoms with Crippen LogP contribution in [0.2, 0.25) is 0 Å². The number of amides is 1. The molecular formula is C26H37F3N4O2. The molecule has 1 saturated heterocycles. The zero-order valence-corrected chi connectivity index (χ0v) is 21.4. The van der Waals surface area contributed by atoms with E-state index in [1.54, 1.807) is 4.90 Å². The Labute approximate surface area is 205 Å². The number of ether oxygens (including phenoxy) is 1. The van der Waals surface area contributed by atoms with Crippen molar-refractivity contribution in [3.05, 3.63) is 29.2 Å². The minimum atomic E-state index is -4.12. The van der Waals surface area contributed by atoms with Gasteiger partial charge in [0.25, 0.3) is 0 Å². The van der Waals surface area contributed by atoms with Gasteiger partial charge in [-0.15, -0.1) is 0 Å². The average molecular weight is 495 g/mol. The van der Waals surface area contributed by atoms with Gasteiger partial charge in [-0.3, -0.25) is 0 Å². The second-order valence-electron chi connectivity index (χ2n) is 11.2. The predicted octanol–water partition coefficient (Wildman–Crippen LogP) is 6.62. The fourth-order valence-electron chi connectivity index (χ4n) is 5.64. The van der Waals surface area contributed by atoms with E-state index in [4.69, 9.17) is 9.84 Å². The third kappa shape index (κ3) is 5.75. The molecule has 1 amide bonds. The van der Waals surface area contributed by atoms with E-state index < -0.39 is 17.7 Å². The Hall–Kier alpha value is -2.32. The van der Waals surface area contributed by atoms with Crippen LogP contribution < -0.4 is 0 Å². The van der Waals surface area contributed by atoms with E-state index in [-0.39, 0.29) is 30.8 Å². The summed E-state index contributed by atoms with van der Waals surface area (Å²) in [6.45, 7) is 10.9. The number of halogens is 3. The molecule has 2 fully saturated rings. The molecule has 1 saturated carbocycles. The fourth-order valence-corrected chi connectivity index (χ4v) is 5.64. The van der Waals surface area contributed by atoms with Crippen LogP contribution in [-0.4, -0.2) is 50.5 Å². The highest BCUT2D eigenvalue weighted by Gasteiger charge is 2.42. The molecule has 3 heterocycles. The highest BCUT2D eigenvalue weighted by Crippen LogP contribution is 2.43. The lowest BCUT2D eigenvalue weighted by molar-refractivity contribution is -0.182. The van der Waals surface area contributed by atoms with Crippen LogP contribution in [0.25, 0.3) is 5.65 Å². The van der Waals surface area contributed by atoms with Gasteiger partial charge in [-0.05, 0) is 71.8 Å². The average Bonchev–Trinajstić information content (AvgIpc) is 3.20. The van der Waals surface area contributed by atoms with Crippen molar-refractivity contribution in [3.63, 3.8) is 0 Å². The first-order chi connectivity index (χ1) is 16.4. The standard InChI is InChI=1S/C26H37F3N4O2/c1-6-17-11-12-32(24(34)35-25(3,4)5)15-20(17)22-13-16(2)30-23-14-21(31-33(22)23)18-7-9-19(10-8-18)26(27,28)29/h13-14,17-20H,6-12,15H2,1-5H3/t17?,18-,19-,20?. The molecule has 6 nitrogen and oxygen atoms in total. The van der Waals surface area contributed by atoms with E-state index in [2.05, 4.69) is 11.9 Å². The first-order valence-electron chi connectivity index (χ1n) is 12.8. The summed E-state index contributed by atoms with van der Waals surface area (Å²) in [5.41, 5.74) is 2.85. The molecule has 35 heavy (non-hydrogen) atoms. The minimum absolute atomic E-state index is 0.00930. The van der Waals surface area contributed by atoms with Gasteiger partial charge in [-0.25, -0.2) is 14.3 Å². The summed E-state index contributed by atoms with van der Waals surface area (Å²) in [5.74, 6) is -0.749. The number of aryl methyl sites for hydroxylation is 1. The molecule has 0 N–H and O–H groups in total. The number of aromatic nitrogens is 3. The molecule has 2 aromatic heterocycles. The van der Waals surface area contributed by atoms with E-state index in [1.165, 1.54) is 0 Å². The molecule has 2 aliphatic rings. The molecular weight excluding hydrogens is 457 g/mol. The number of hydrogen-bond donors (Lipinski definition) is 0. The summed E-state index contributed by atoms with van der Waals surface area (Å²) in [5, 5.41) is 4.88. The Morgan fingerprint density at radius 1 is 1.11 bits per heavy atom. The van der Waals surface area contributed by atoms with E-state index >= 15 is 0 Å². The Morgan fingerprint density at radius 3 is 2.40 bits per heavy atom. The fraction of sp³-hybridized carbons (Fsp3) is 0.731. The third-order valence-electron chi connectivity index (χ3n) is 7.52. The molecule has 2 aromatic rings. The van der Waals surface area contributed by atoms with Crippen molar-refractivity contribution in [2.24, 2.45) is 11.8 Å². The number of nitrogens with zero attached hydrogens (tertiary/aromatic N) is 4. The van der Waals surface area contributed by atoms with Crippen molar-refractivity contribution in [2.75, 3.05) is 13.1 Å². The number of alkyl halides is 3. The SMILES string of the molecule is CCC1CCN(C(=O)OC(C)(C)C)CC1c1cc(C)nc2cc([C@H]3CC[C@H](C(F)(F)F)CC3)nn12. The third-order valence-corrected chi connectivity index (χ3v) is 7.52. The second kappa shape index (κ2) is 9.62. The van der Waals surface area contributed by atoms with E-state index in [0.29, 0.717) is 31.8 Å². The van der Waals surface area contributed by atoms with Crippen LogP contribution >= 0.6 is 0 Å². The Kier molecular flexibility index (Phi) is 7.08. The van der Waals surface area contributed by atoms with Crippen molar-refractivity contribution in [1.82, 2.24) is 19.5 Å². The van der Waals surface area contributed by atoms with Crippen LogP contribution in [0.3, 0.4) is 0 Å². The molecule has 0 spiro atoms. The first kappa shape index (κ1) is 25.8. The van der Waals surface area contributed by atoms with Crippen molar-refractivity contribution >= 4 is 11.7 Å². The Balaban J connectivity index is 1.61. The van der Waals surface area contributed by atoms with E-state index in [1.807, 2.05) is 44.3 Å². The Morgan fingerprint density at radius 2 is 1.80 bits per heavy atom. The lowest BCUT2D eigenvalue weighted by Gasteiger charge is -2.39. The summed E-state index contributed by atoms with van der Waals surface area (Å²) in [6.07, 6.45) is -1.32. The maximum absolute atomic E-state index is 13.1. The summed E-state index contributed by atoms with van der Waals surface area (Å²) in [6, 6.07) is 3.97. The van der Waals surface area contributed by atoms with Gasteiger partial charge < -0.3 is 9.64 Å². The minimum Gasteiger partial charge on any atom is -0.444 e. The number of fused-ring (bicyclic) bond motifs is 1. The van der Waals surface area contributed by atoms with Gasteiger partial charge in [0.15, 0.2) is 5.65 Å². The maximum Gasteiger partial charge on any atom is 0.410 e. The van der Waals surface area contributed by atoms with Gasteiger partial charge in [-0.2, -0.15) is 18.3 Å². The van der Waals surface area contributed by atoms with Crippen LogP contribution in [0.5, 0.6) is 0 Å². The molecule has 2 atom stereocenters. The van der Waals surface area contributed by atoms with Gasteiger partial charge in [0, 0.05) is 36.7 Å². The first-order valence-corrected chi connectivity index (χ1v) is 12.8. The summed E-state index contributed by atoms with van der Waals surface area (Å²) >= 11 is 0. The molecule has 0 radical (unpaired) electrons. The van der Waals surface area contributed by atoms with Crippen molar-refractivity contribution in [1.29, 1.82) is 0 Å². The highest BCUT2D eigenvalue weighted by atomic mass is 19.4. The molecule has 9 heteroatoms.